The highest BCUT2D eigenvalue weighted by Gasteiger charge is 2.09. The Morgan fingerprint density at radius 2 is 1.00 bits per heavy atom. The second kappa shape index (κ2) is 8.04. The molecule has 2 aliphatic rings. The summed E-state index contributed by atoms with van der Waals surface area (Å²) in [4.78, 5) is 4.84. The van der Waals surface area contributed by atoms with Crippen LogP contribution in [0.25, 0.3) is 0 Å². The van der Waals surface area contributed by atoms with Crippen LogP contribution in [0.15, 0.2) is 24.3 Å². The molecule has 0 bridgehead atoms. The number of hydrogen-bond acceptors (Lipinski definition) is 2. The highest BCUT2D eigenvalue weighted by atomic mass is 15.1. The Balaban J connectivity index is 1.49. The van der Waals surface area contributed by atoms with Gasteiger partial charge < -0.3 is 0 Å². The Hall–Kier alpha value is -1.74. The van der Waals surface area contributed by atoms with Crippen molar-refractivity contribution in [2.75, 3.05) is 39.3 Å². The molecule has 0 N–H and O–H groups in total. The van der Waals surface area contributed by atoms with E-state index in [2.05, 4.69) is 57.7 Å². The van der Waals surface area contributed by atoms with Gasteiger partial charge in [-0.2, -0.15) is 0 Å². The number of benzene rings is 1. The van der Waals surface area contributed by atoms with Gasteiger partial charge in [0.1, 0.15) is 0 Å². The fourth-order valence-electron chi connectivity index (χ4n) is 3.03. The first kappa shape index (κ1) is 15.2. The summed E-state index contributed by atoms with van der Waals surface area (Å²) in [7, 11) is 0. The van der Waals surface area contributed by atoms with Gasteiger partial charge in [-0.1, -0.05) is 23.7 Å². The van der Waals surface area contributed by atoms with Gasteiger partial charge in [0, 0.05) is 11.1 Å². The first-order chi connectivity index (χ1) is 10.9. The predicted molar refractivity (Wildman–Crippen MR) is 91.5 cm³/mol. The van der Waals surface area contributed by atoms with Crippen molar-refractivity contribution in [1.29, 1.82) is 0 Å². The maximum absolute atomic E-state index is 3.28. The summed E-state index contributed by atoms with van der Waals surface area (Å²) < 4.78 is 0. The Bertz CT molecular complexity index is 528. The number of rotatable bonds is 2. The molecule has 0 atom stereocenters. The van der Waals surface area contributed by atoms with E-state index in [0.717, 1.165) is 24.2 Å². The topological polar surface area (TPSA) is 6.48 Å². The van der Waals surface area contributed by atoms with Crippen LogP contribution >= 0.6 is 0 Å². The monoisotopic (exact) mass is 292 g/mol. The first-order valence-corrected chi connectivity index (χ1v) is 8.43. The number of hydrogen-bond donors (Lipinski definition) is 0. The van der Waals surface area contributed by atoms with Gasteiger partial charge in [0.2, 0.25) is 0 Å². The van der Waals surface area contributed by atoms with Gasteiger partial charge in [0.05, 0.1) is 13.1 Å². The van der Waals surface area contributed by atoms with Crippen molar-refractivity contribution in [2.24, 2.45) is 0 Å². The van der Waals surface area contributed by atoms with E-state index >= 15 is 0 Å². The van der Waals surface area contributed by atoms with E-state index in [-0.39, 0.29) is 0 Å². The summed E-state index contributed by atoms with van der Waals surface area (Å²) >= 11 is 0. The van der Waals surface area contributed by atoms with E-state index in [1.165, 1.54) is 51.9 Å². The third-order valence-corrected chi connectivity index (χ3v) is 4.35. The van der Waals surface area contributed by atoms with Gasteiger partial charge in [-0.05, 0) is 76.1 Å². The minimum Gasteiger partial charge on any atom is -0.292 e. The fraction of sp³-hybridized carbons (Fsp3) is 0.500. The van der Waals surface area contributed by atoms with Crippen molar-refractivity contribution in [1.82, 2.24) is 9.80 Å². The van der Waals surface area contributed by atoms with E-state index in [1.54, 1.807) is 0 Å². The molecule has 2 aliphatic heterocycles. The fourth-order valence-corrected chi connectivity index (χ4v) is 3.03. The van der Waals surface area contributed by atoms with Gasteiger partial charge >= 0.3 is 0 Å². The molecule has 0 aliphatic carbocycles. The predicted octanol–water partition coefficient (Wildman–Crippen LogP) is 2.58. The van der Waals surface area contributed by atoms with Crippen LogP contribution in [0.5, 0.6) is 0 Å². The summed E-state index contributed by atoms with van der Waals surface area (Å²) in [6, 6.07) is 8.32. The molecule has 1 aromatic rings. The Morgan fingerprint density at radius 1 is 0.636 bits per heavy atom. The molecular formula is C20H24N2. The number of likely N-dealkylation sites (tertiary alicyclic amines) is 2. The van der Waals surface area contributed by atoms with Crippen LogP contribution in [0, 0.1) is 23.7 Å². The molecule has 2 heterocycles. The van der Waals surface area contributed by atoms with E-state index in [0.29, 0.717) is 0 Å². The molecule has 0 unspecified atom stereocenters. The van der Waals surface area contributed by atoms with Crippen LogP contribution in [0.4, 0.5) is 0 Å². The average Bonchev–Trinajstić information content (AvgIpc) is 3.22. The summed E-state index contributed by atoms with van der Waals surface area (Å²) in [5, 5.41) is 0. The van der Waals surface area contributed by atoms with E-state index in [1.807, 2.05) is 0 Å². The smallest absolute Gasteiger partial charge is 0.0605 e. The minimum absolute atomic E-state index is 0.900. The molecule has 0 amide bonds. The van der Waals surface area contributed by atoms with Crippen LogP contribution < -0.4 is 0 Å². The summed E-state index contributed by atoms with van der Waals surface area (Å²) in [5.41, 5.74) is 2.17. The zero-order valence-corrected chi connectivity index (χ0v) is 13.3. The second-order valence-electron chi connectivity index (χ2n) is 6.15. The molecule has 0 radical (unpaired) electrons. The molecule has 22 heavy (non-hydrogen) atoms. The molecule has 3 rings (SSSR count). The van der Waals surface area contributed by atoms with E-state index in [9.17, 15) is 0 Å². The molecule has 0 aromatic heterocycles. The highest BCUT2D eigenvalue weighted by molar-refractivity contribution is 5.42. The lowest BCUT2D eigenvalue weighted by Crippen LogP contribution is -2.19. The standard InChI is InChI=1S/C20H24N2/c1-2-14-21(13-1)17-5-7-19-9-11-20(12-10-19)8-6-18-22-15-3-4-16-22/h9-12H,1-4,13-18H2. The van der Waals surface area contributed by atoms with Gasteiger partial charge in [0.25, 0.3) is 0 Å². The maximum Gasteiger partial charge on any atom is 0.0605 e. The average molecular weight is 292 g/mol. The molecule has 2 saturated heterocycles. The molecule has 114 valence electrons. The zero-order chi connectivity index (χ0) is 15.0. The van der Waals surface area contributed by atoms with Gasteiger partial charge in [-0.25, -0.2) is 0 Å². The third-order valence-electron chi connectivity index (χ3n) is 4.35. The Labute approximate surface area is 134 Å². The van der Waals surface area contributed by atoms with Gasteiger partial charge in [0.15, 0.2) is 0 Å². The van der Waals surface area contributed by atoms with E-state index in [4.69, 9.17) is 0 Å². The molecule has 0 saturated carbocycles. The molecule has 1 aromatic carbocycles. The van der Waals surface area contributed by atoms with Crippen molar-refractivity contribution < 1.29 is 0 Å². The van der Waals surface area contributed by atoms with Gasteiger partial charge in [-0.3, -0.25) is 9.80 Å². The van der Waals surface area contributed by atoms with Crippen LogP contribution in [0.3, 0.4) is 0 Å². The summed E-state index contributed by atoms with van der Waals surface area (Å²) in [6.07, 6.45) is 5.30. The quantitative estimate of drug-likeness (QED) is 0.773. The molecule has 2 fully saturated rings. The van der Waals surface area contributed by atoms with Crippen molar-refractivity contribution in [3.05, 3.63) is 35.4 Å². The van der Waals surface area contributed by atoms with Crippen LogP contribution in [-0.4, -0.2) is 49.1 Å². The lowest BCUT2D eigenvalue weighted by molar-refractivity contribution is 0.383. The number of nitrogens with zero attached hydrogens (tertiary/aromatic N) is 2. The molecule has 0 spiro atoms. The van der Waals surface area contributed by atoms with Crippen molar-refractivity contribution in [3.8, 4) is 23.7 Å². The summed E-state index contributed by atoms with van der Waals surface area (Å²) in [5.74, 6) is 13.1. The van der Waals surface area contributed by atoms with Gasteiger partial charge in [-0.15, -0.1) is 0 Å². The summed E-state index contributed by atoms with van der Waals surface area (Å²) in [6.45, 7) is 6.63. The largest absolute Gasteiger partial charge is 0.292 e. The Morgan fingerprint density at radius 3 is 1.36 bits per heavy atom. The lowest BCUT2D eigenvalue weighted by Gasteiger charge is -2.08. The third kappa shape index (κ3) is 4.63. The SMILES string of the molecule is C(#Cc1ccc(C#CCN2CCCC2)cc1)CN1CCCC1. The van der Waals surface area contributed by atoms with Crippen LogP contribution in [0.1, 0.15) is 36.8 Å². The molecular weight excluding hydrogens is 268 g/mol. The minimum atomic E-state index is 0.900. The van der Waals surface area contributed by atoms with Crippen LogP contribution in [0.2, 0.25) is 0 Å². The van der Waals surface area contributed by atoms with Crippen molar-refractivity contribution >= 4 is 0 Å². The zero-order valence-electron chi connectivity index (χ0n) is 13.3. The second-order valence-corrected chi connectivity index (χ2v) is 6.15. The maximum atomic E-state index is 3.28. The van der Waals surface area contributed by atoms with Crippen molar-refractivity contribution in [3.63, 3.8) is 0 Å². The van der Waals surface area contributed by atoms with Crippen molar-refractivity contribution in [2.45, 2.75) is 25.7 Å². The normalized spacial score (nSPS) is 18.5. The van der Waals surface area contributed by atoms with E-state index < -0.39 is 0 Å². The molecule has 2 nitrogen and oxygen atoms in total. The molecule has 2 heteroatoms. The highest BCUT2D eigenvalue weighted by Crippen LogP contribution is 2.07. The lowest BCUT2D eigenvalue weighted by atomic mass is 10.1. The Kier molecular flexibility index (Phi) is 5.54. The van der Waals surface area contributed by atoms with Crippen LogP contribution in [-0.2, 0) is 0 Å². The first-order valence-electron chi connectivity index (χ1n) is 8.43.